The first-order valence-electron chi connectivity index (χ1n) is 4.28. The zero-order chi connectivity index (χ0) is 11.3. The number of halogens is 1. The quantitative estimate of drug-likeness (QED) is 0.353. The number of hydrogen-bond donors (Lipinski definition) is 1. The Kier molecular flexibility index (Phi) is 3.79. The van der Waals surface area contributed by atoms with E-state index in [1.807, 2.05) is 0 Å². The molecule has 1 N–H and O–H groups in total. The molecule has 1 aromatic carbocycles. The van der Waals surface area contributed by atoms with Crippen molar-refractivity contribution in [2.75, 3.05) is 7.05 Å². The summed E-state index contributed by atoms with van der Waals surface area (Å²) >= 11 is 0. The van der Waals surface area contributed by atoms with Gasteiger partial charge in [0.25, 0.3) is 0 Å². The first-order valence-corrected chi connectivity index (χ1v) is 4.28. The molecule has 0 spiro atoms. The molecule has 0 unspecified atom stereocenters. The number of benzene rings is 1. The van der Waals surface area contributed by atoms with Gasteiger partial charge in [-0.2, -0.15) is 0 Å². The lowest BCUT2D eigenvalue weighted by Crippen LogP contribution is -2.26. The van der Waals surface area contributed by atoms with Gasteiger partial charge < -0.3 is 4.84 Å². The van der Waals surface area contributed by atoms with Gasteiger partial charge in [-0.1, -0.05) is 12.1 Å². The third-order valence-corrected chi connectivity index (χ3v) is 1.89. The Morgan fingerprint density at radius 3 is 2.87 bits per heavy atom. The Bertz CT molecular complexity index is 371. The lowest BCUT2D eigenvalue weighted by Gasteiger charge is -2.09. The van der Waals surface area contributed by atoms with Gasteiger partial charge in [0.05, 0.1) is 5.56 Å². The predicted octanol–water partition coefficient (Wildman–Crippen LogP) is 1.19. The van der Waals surface area contributed by atoms with Crippen molar-refractivity contribution in [1.29, 1.82) is 0 Å². The van der Waals surface area contributed by atoms with Crippen LogP contribution in [0.1, 0.15) is 11.1 Å². The molecule has 0 atom stereocenters. The summed E-state index contributed by atoms with van der Waals surface area (Å²) in [6, 6.07) is 4.66. The summed E-state index contributed by atoms with van der Waals surface area (Å²) in [7, 11) is 1.47. The fourth-order valence-electron chi connectivity index (χ4n) is 1.22. The minimum absolute atomic E-state index is 0.178. The van der Waals surface area contributed by atoms with E-state index in [1.54, 1.807) is 19.1 Å². The molecule has 0 bridgehead atoms. The van der Waals surface area contributed by atoms with E-state index >= 15 is 0 Å². The van der Waals surface area contributed by atoms with Gasteiger partial charge in [-0.25, -0.2) is 9.87 Å². The first-order chi connectivity index (χ1) is 7.20. The van der Waals surface area contributed by atoms with Crippen molar-refractivity contribution in [2.45, 2.75) is 6.92 Å². The average molecular weight is 210 g/mol. The van der Waals surface area contributed by atoms with Gasteiger partial charge in [-0.15, -0.1) is 0 Å². The summed E-state index contributed by atoms with van der Waals surface area (Å²) in [5.41, 5.74) is 3.26. The van der Waals surface area contributed by atoms with Crippen LogP contribution in [0, 0.1) is 12.7 Å². The second kappa shape index (κ2) is 5.09. The molecule has 15 heavy (non-hydrogen) atoms. The number of rotatable bonds is 3. The summed E-state index contributed by atoms with van der Waals surface area (Å²) in [5, 5.41) is 0. The van der Waals surface area contributed by atoms with E-state index in [2.05, 4.69) is 15.3 Å². The van der Waals surface area contributed by atoms with Gasteiger partial charge in [0.1, 0.15) is 5.82 Å². The van der Waals surface area contributed by atoms with Gasteiger partial charge in [0.2, 0.25) is 0 Å². The van der Waals surface area contributed by atoms with Crippen LogP contribution in [0.15, 0.2) is 23.2 Å². The van der Waals surface area contributed by atoms with Crippen LogP contribution in [0.2, 0.25) is 0 Å². The number of hydrogen-bond acceptors (Lipinski definition) is 3. The van der Waals surface area contributed by atoms with E-state index in [0.717, 1.165) is 0 Å². The maximum atomic E-state index is 13.5. The van der Waals surface area contributed by atoms with E-state index in [1.165, 1.54) is 13.1 Å². The van der Waals surface area contributed by atoms with Crippen molar-refractivity contribution < 1.29 is 14.0 Å². The molecule has 4 nitrogen and oxygen atoms in total. The van der Waals surface area contributed by atoms with E-state index in [-0.39, 0.29) is 12.3 Å². The van der Waals surface area contributed by atoms with Gasteiger partial charge in [-0.05, 0) is 18.6 Å². The second-order valence-corrected chi connectivity index (χ2v) is 2.82. The lowest BCUT2D eigenvalue weighted by molar-refractivity contribution is -0.132. The molecular formula is C10H11FN2O2. The molecule has 1 rings (SSSR count). The molecule has 0 fully saturated rings. The number of aliphatic imine (C=N–C) groups is 1. The number of amidine groups is 1. The summed E-state index contributed by atoms with van der Waals surface area (Å²) in [4.78, 5) is 18.1. The highest BCUT2D eigenvalue weighted by Gasteiger charge is 2.11. The van der Waals surface area contributed by atoms with Crippen molar-refractivity contribution in [3.05, 3.63) is 35.1 Å². The number of carbonyl (C=O) groups excluding carboxylic acids is 1. The zero-order valence-corrected chi connectivity index (χ0v) is 8.45. The number of carbonyl (C=O) groups is 1. The van der Waals surface area contributed by atoms with Gasteiger partial charge >= 0.3 is 6.47 Å². The monoisotopic (exact) mass is 210 g/mol. The fraction of sp³-hybridized carbons (Fsp3) is 0.200. The zero-order valence-electron chi connectivity index (χ0n) is 8.45. The van der Waals surface area contributed by atoms with Crippen LogP contribution in [0.5, 0.6) is 0 Å². The van der Waals surface area contributed by atoms with Crippen LogP contribution in [-0.2, 0) is 9.63 Å². The summed E-state index contributed by atoms with van der Waals surface area (Å²) in [5.74, 6) is -0.240. The number of nitrogens with one attached hydrogen (secondary N) is 1. The lowest BCUT2D eigenvalue weighted by atomic mass is 10.1. The largest absolute Gasteiger partial charge is 0.345 e. The molecule has 1 aromatic rings. The number of nitrogens with zero attached hydrogens (tertiary/aromatic N) is 1. The molecule has 0 aliphatic heterocycles. The Labute approximate surface area is 86.7 Å². The highest BCUT2D eigenvalue weighted by Crippen LogP contribution is 2.12. The first kappa shape index (κ1) is 11.2. The van der Waals surface area contributed by atoms with E-state index in [9.17, 15) is 9.18 Å². The maximum absolute atomic E-state index is 13.5. The molecule has 0 saturated carbocycles. The molecule has 0 saturated heterocycles. The van der Waals surface area contributed by atoms with Crippen LogP contribution in [-0.4, -0.2) is 19.4 Å². The van der Waals surface area contributed by atoms with Crippen LogP contribution in [0.25, 0.3) is 0 Å². The summed E-state index contributed by atoms with van der Waals surface area (Å²) in [6.07, 6.45) is 0. The SMILES string of the molecule is CN=C(NOC=O)c1c(C)cccc1F. The standard InChI is InChI=1S/C10H11FN2O2/c1-7-4-3-5-8(11)9(7)10(12-2)13-15-6-14/h3-6H,1-2H3,(H,12,13). The highest BCUT2D eigenvalue weighted by molar-refractivity contribution is 5.99. The Morgan fingerprint density at radius 1 is 1.60 bits per heavy atom. The van der Waals surface area contributed by atoms with Gasteiger partial charge in [0, 0.05) is 7.05 Å². The Morgan fingerprint density at radius 2 is 2.33 bits per heavy atom. The smallest absolute Gasteiger partial charge is 0.320 e. The fourth-order valence-corrected chi connectivity index (χ4v) is 1.22. The van der Waals surface area contributed by atoms with Crippen molar-refractivity contribution >= 4 is 12.3 Å². The minimum Gasteiger partial charge on any atom is -0.345 e. The molecule has 0 aromatic heterocycles. The molecule has 0 radical (unpaired) electrons. The van der Waals surface area contributed by atoms with E-state index < -0.39 is 5.82 Å². The summed E-state index contributed by atoms with van der Waals surface area (Å²) in [6.45, 7) is 1.95. The number of hydroxylamine groups is 1. The molecule has 80 valence electrons. The van der Waals surface area contributed by atoms with Crippen molar-refractivity contribution in [1.82, 2.24) is 5.48 Å². The van der Waals surface area contributed by atoms with Crippen LogP contribution < -0.4 is 5.48 Å². The second-order valence-electron chi connectivity index (χ2n) is 2.82. The van der Waals surface area contributed by atoms with E-state index in [4.69, 9.17) is 0 Å². The summed E-state index contributed by atoms with van der Waals surface area (Å²) < 4.78 is 13.5. The minimum atomic E-state index is -0.419. The van der Waals surface area contributed by atoms with Crippen molar-refractivity contribution in [2.24, 2.45) is 4.99 Å². The average Bonchev–Trinajstić information content (AvgIpc) is 2.22. The van der Waals surface area contributed by atoms with Gasteiger partial charge in [-0.3, -0.25) is 9.79 Å². The van der Waals surface area contributed by atoms with Crippen LogP contribution in [0.3, 0.4) is 0 Å². The van der Waals surface area contributed by atoms with Crippen LogP contribution >= 0.6 is 0 Å². The predicted molar refractivity (Wildman–Crippen MR) is 53.9 cm³/mol. The number of aryl methyl sites for hydroxylation is 1. The Balaban J connectivity index is 3.07. The van der Waals surface area contributed by atoms with Crippen molar-refractivity contribution in [3.8, 4) is 0 Å². The van der Waals surface area contributed by atoms with Crippen molar-refractivity contribution in [3.63, 3.8) is 0 Å². The topological polar surface area (TPSA) is 50.7 Å². The third kappa shape index (κ3) is 2.52. The normalized spacial score (nSPS) is 11.0. The highest BCUT2D eigenvalue weighted by atomic mass is 19.1. The van der Waals surface area contributed by atoms with Gasteiger partial charge in [0.15, 0.2) is 5.84 Å². The van der Waals surface area contributed by atoms with Crippen LogP contribution in [0.4, 0.5) is 4.39 Å². The van der Waals surface area contributed by atoms with E-state index in [0.29, 0.717) is 11.1 Å². The Hall–Kier alpha value is -1.91. The molecule has 0 aliphatic carbocycles. The molecule has 0 heterocycles. The molecule has 0 aliphatic rings. The molecule has 5 heteroatoms. The molecular weight excluding hydrogens is 199 g/mol. The maximum Gasteiger partial charge on any atom is 0.320 e. The molecule has 0 amide bonds. The third-order valence-electron chi connectivity index (χ3n) is 1.89.